The molecule has 8 heterocycles. The van der Waals surface area contributed by atoms with Gasteiger partial charge in [-0.25, -0.2) is 39.8 Å². The van der Waals surface area contributed by atoms with E-state index >= 15 is 0 Å². The molecule has 4 atom stereocenters. The third-order valence-electron chi connectivity index (χ3n) is 14.0. The number of imidazole rings is 2. The number of fused-ring (bicyclic) bond motifs is 2. The van der Waals surface area contributed by atoms with Crippen LogP contribution in [0.5, 0.6) is 0 Å². The largest absolute Gasteiger partial charge is 0.361 e. The van der Waals surface area contributed by atoms with Crippen LogP contribution >= 0.6 is 11.6 Å². The second-order valence-corrected chi connectivity index (χ2v) is 23.1. The molecule has 0 aliphatic carbocycles. The summed E-state index contributed by atoms with van der Waals surface area (Å²) in [6.45, 7) is 9.12. The third kappa shape index (κ3) is 8.68. The molecule has 0 radical (unpaired) electrons. The van der Waals surface area contributed by atoms with Crippen molar-refractivity contribution in [3.63, 3.8) is 0 Å². The van der Waals surface area contributed by atoms with Crippen molar-refractivity contribution in [1.82, 2.24) is 43.3 Å². The molecule has 18 nitrogen and oxygen atoms in total. The van der Waals surface area contributed by atoms with Crippen molar-refractivity contribution in [3.8, 4) is 22.3 Å². The Labute approximate surface area is 408 Å². The molecule has 4 saturated heterocycles. The molecule has 11 rings (SSSR count). The van der Waals surface area contributed by atoms with Crippen LogP contribution in [0.2, 0.25) is 5.02 Å². The van der Waals surface area contributed by atoms with Gasteiger partial charge in [-0.3, -0.25) is 9.59 Å². The molecule has 2 amide bonds. The zero-order valence-corrected chi connectivity index (χ0v) is 41.8. The lowest BCUT2D eigenvalue weighted by atomic mass is 10.0. The van der Waals surface area contributed by atoms with Gasteiger partial charge in [-0.15, -0.1) is 0 Å². The predicted octanol–water partition coefficient (Wildman–Crippen LogP) is 7.64. The van der Waals surface area contributed by atoms with Gasteiger partial charge in [0.2, 0.25) is 31.9 Å². The summed E-state index contributed by atoms with van der Waals surface area (Å²) in [7, 11) is -6.62. The van der Waals surface area contributed by atoms with Crippen molar-refractivity contribution < 1.29 is 39.9 Å². The Balaban J connectivity index is 0.000000166. The molecule has 4 aliphatic heterocycles. The summed E-state index contributed by atoms with van der Waals surface area (Å²) in [6.07, 6.45) is 5.69. The molecule has 4 aromatic heterocycles. The monoisotopic (exact) mass is 1010 g/mol. The number of aromatic nitrogens is 6. The zero-order valence-electron chi connectivity index (χ0n) is 39.4. The summed E-state index contributed by atoms with van der Waals surface area (Å²) in [5.41, 5.74) is 9.01. The molecule has 0 unspecified atom stereocenters. The molecule has 368 valence electrons. The summed E-state index contributed by atoms with van der Waals surface area (Å²) in [5, 5.41) is 11.1. The van der Waals surface area contributed by atoms with Gasteiger partial charge in [-0.1, -0.05) is 34.0 Å². The Morgan fingerprint density at radius 2 is 1.21 bits per heavy atom. The summed E-state index contributed by atoms with van der Waals surface area (Å²) >= 11 is 5.91. The van der Waals surface area contributed by atoms with E-state index in [1.54, 1.807) is 11.0 Å². The van der Waals surface area contributed by atoms with E-state index in [0.29, 0.717) is 81.1 Å². The molecule has 3 aromatic carbocycles. The Morgan fingerprint density at radius 1 is 0.686 bits per heavy atom. The molecular formula is C48H52ClFN10O8S2. The van der Waals surface area contributed by atoms with Crippen molar-refractivity contribution in [2.24, 2.45) is 0 Å². The van der Waals surface area contributed by atoms with Crippen molar-refractivity contribution >= 4 is 71.2 Å². The summed E-state index contributed by atoms with van der Waals surface area (Å²) in [5.74, 6) is 2.15. The van der Waals surface area contributed by atoms with E-state index in [1.165, 1.54) is 33.3 Å². The topological polar surface area (TPSA) is 212 Å². The maximum atomic E-state index is 14.4. The van der Waals surface area contributed by atoms with E-state index in [9.17, 15) is 30.8 Å². The van der Waals surface area contributed by atoms with Gasteiger partial charge in [0.15, 0.2) is 0 Å². The van der Waals surface area contributed by atoms with E-state index in [0.717, 1.165) is 61.8 Å². The van der Waals surface area contributed by atoms with Crippen LogP contribution in [-0.4, -0.2) is 105 Å². The summed E-state index contributed by atoms with van der Waals surface area (Å²) in [6, 6.07) is 15.5. The van der Waals surface area contributed by atoms with Gasteiger partial charge < -0.3 is 28.4 Å². The van der Waals surface area contributed by atoms with Crippen molar-refractivity contribution in [3.05, 3.63) is 100.0 Å². The van der Waals surface area contributed by atoms with Gasteiger partial charge >= 0.3 is 0 Å². The van der Waals surface area contributed by atoms with Crippen LogP contribution in [0.3, 0.4) is 0 Å². The van der Waals surface area contributed by atoms with Crippen LogP contribution in [0.4, 0.5) is 10.1 Å². The summed E-state index contributed by atoms with van der Waals surface area (Å²) < 4.78 is 81.1. The van der Waals surface area contributed by atoms with Crippen LogP contribution in [0.15, 0.2) is 63.6 Å². The number of carbonyl (C=O) groups excluding carboxylic acids is 2. The molecular weight excluding hydrogens is 963 g/mol. The first-order valence-electron chi connectivity index (χ1n) is 23.1. The molecule has 0 bridgehead atoms. The number of halogens is 2. The number of anilines is 1. The standard InChI is InChI=1S/C27H27ClFN5O4S.C21H25N5O4S/c1-15-26(16(2)38-31-15)17-4-7-23-22(12-17)30-27(34(23)19-10-11-32(14-19)39(3,36)37)24-8-9-25(35)33(24)18-5-6-20(28)21(29)13-18;1-12-20(13(2)30-24-12)14-4-6-18-17(10-14)23-21(16-5-7-19(27)22-16)26(18)15-8-9-25(11-15)31(3,28)29/h4-7,12-13,19,24H,8-11,14H2,1-3H3;4,6,10,15-16H,5,7-9,11H2,1-3H3,(H,22,27)/t19-,24+;15-,16+/m11/s1. The fraction of sp³-hybridized carbons (Fsp3) is 0.417. The lowest BCUT2D eigenvalue weighted by Gasteiger charge is -2.27. The van der Waals surface area contributed by atoms with Gasteiger partial charge in [0, 0.05) is 55.8 Å². The zero-order chi connectivity index (χ0) is 49.6. The molecule has 0 saturated carbocycles. The maximum Gasteiger partial charge on any atom is 0.227 e. The second-order valence-electron chi connectivity index (χ2n) is 18.7. The minimum Gasteiger partial charge on any atom is -0.361 e. The van der Waals surface area contributed by atoms with E-state index in [4.69, 9.17) is 30.6 Å². The average molecular weight is 1020 g/mol. The van der Waals surface area contributed by atoms with Crippen LogP contribution in [0.25, 0.3) is 44.3 Å². The maximum absolute atomic E-state index is 14.4. The highest BCUT2D eigenvalue weighted by atomic mass is 35.5. The Hall–Kier alpha value is -6.00. The minimum atomic E-state index is -3.37. The number of carbonyl (C=O) groups is 2. The van der Waals surface area contributed by atoms with Gasteiger partial charge in [0.05, 0.1) is 75.2 Å². The van der Waals surface area contributed by atoms with E-state index in [1.807, 2.05) is 64.1 Å². The first-order valence-corrected chi connectivity index (χ1v) is 27.2. The molecule has 22 heteroatoms. The number of aryl methyl sites for hydroxylation is 4. The number of hydrogen-bond acceptors (Lipinski definition) is 12. The number of rotatable bonds is 9. The molecule has 70 heavy (non-hydrogen) atoms. The normalized spacial score (nSPS) is 21.4. The van der Waals surface area contributed by atoms with Gasteiger partial charge in [-0.05, 0) is 107 Å². The molecule has 4 fully saturated rings. The number of hydrogen-bond donors (Lipinski definition) is 1. The predicted molar refractivity (Wildman–Crippen MR) is 261 cm³/mol. The number of nitrogens with zero attached hydrogens (tertiary/aromatic N) is 9. The van der Waals surface area contributed by atoms with Crippen molar-refractivity contribution in [2.45, 2.75) is 90.4 Å². The Bertz CT molecular complexity index is 3440. The first kappa shape index (κ1) is 47.7. The molecule has 0 spiro atoms. The quantitative estimate of drug-likeness (QED) is 0.148. The highest BCUT2D eigenvalue weighted by Gasteiger charge is 2.41. The van der Waals surface area contributed by atoms with E-state index in [-0.39, 0.29) is 41.4 Å². The fourth-order valence-electron chi connectivity index (χ4n) is 10.7. The van der Waals surface area contributed by atoms with E-state index in [2.05, 4.69) is 24.8 Å². The third-order valence-corrected chi connectivity index (χ3v) is 16.8. The summed E-state index contributed by atoms with van der Waals surface area (Å²) in [4.78, 5) is 36.5. The smallest absolute Gasteiger partial charge is 0.227 e. The molecule has 1 N–H and O–H groups in total. The number of benzene rings is 3. The van der Waals surface area contributed by atoms with Gasteiger partial charge in [0.1, 0.15) is 29.0 Å². The first-order chi connectivity index (χ1) is 33.2. The second kappa shape index (κ2) is 18.0. The lowest BCUT2D eigenvalue weighted by Crippen LogP contribution is -2.31. The van der Waals surface area contributed by atoms with Crippen LogP contribution in [0, 0.1) is 33.5 Å². The average Bonchev–Trinajstić information content (AvgIpc) is 4.17. The molecule has 4 aliphatic rings. The van der Waals surface area contributed by atoms with Crippen LogP contribution in [-0.2, 0) is 29.6 Å². The fourth-order valence-corrected chi connectivity index (χ4v) is 12.6. The van der Waals surface area contributed by atoms with Crippen LogP contribution < -0.4 is 10.2 Å². The van der Waals surface area contributed by atoms with Crippen molar-refractivity contribution in [1.29, 1.82) is 0 Å². The minimum absolute atomic E-state index is 0.0178. The highest BCUT2D eigenvalue weighted by molar-refractivity contribution is 7.88. The number of sulfonamides is 2. The number of amides is 2. The van der Waals surface area contributed by atoms with Gasteiger partial charge in [-0.2, -0.15) is 0 Å². The Kier molecular flexibility index (Phi) is 12.3. The van der Waals surface area contributed by atoms with E-state index < -0.39 is 31.9 Å². The highest BCUT2D eigenvalue weighted by Crippen LogP contribution is 2.43. The van der Waals surface area contributed by atoms with Crippen LogP contribution in [0.1, 0.15) is 97.2 Å². The van der Waals surface area contributed by atoms with Crippen molar-refractivity contribution in [2.75, 3.05) is 43.6 Å². The Morgan fingerprint density at radius 3 is 1.67 bits per heavy atom. The van der Waals surface area contributed by atoms with Gasteiger partial charge in [0.25, 0.3) is 0 Å². The molecule has 7 aromatic rings. The SMILES string of the molecule is Cc1noc(C)c1-c1ccc2c(c1)nc([C@@H]1CCC(=O)N1)n2[C@@H]1CCN(S(C)(=O)=O)C1.Cc1noc(C)c1-c1ccc2c(c1)nc([C@@H]1CCC(=O)N1c1ccc(Cl)c(F)c1)n2[C@@H]1CCN(S(C)(=O)=O)C1. The number of nitrogens with one attached hydrogen (secondary N) is 1. The lowest BCUT2D eigenvalue weighted by molar-refractivity contribution is -0.119.